The van der Waals surface area contributed by atoms with Gasteiger partial charge in [-0.05, 0) is 17.7 Å². The number of nitrogens with zero attached hydrogens (tertiary/aromatic N) is 1. The minimum atomic E-state index is -0.934. The zero-order chi connectivity index (χ0) is 13.0. The van der Waals surface area contributed by atoms with Crippen molar-refractivity contribution in [3.63, 3.8) is 0 Å². The van der Waals surface area contributed by atoms with Gasteiger partial charge in [0.05, 0.1) is 19.3 Å². The molecule has 2 unspecified atom stereocenters. The lowest BCUT2D eigenvalue weighted by atomic mass is 10.0. The van der Waals surface area contributed by atoms with Gasteiger partial charge < -0.3 is 25.6 Å². The van der Waals surface area contributed by atoms with Crippen LogP contribution in [-0.2, 0) is 4.74 Å². The number of morpholine rings is 1. The molecular weight excluding hydrogens is 232 g/mol. The van der Waals surface area contributed by atoms with Crippen molar-refractivity contribution in [2.45, 2.75) is 12.2 Å². The van der Waals surface area contributed by atoms with Gasteiger partial charge in [-0.3, -0.25) is 0 Å². The van der Waals surface area contributed by atoms with Gasteiger partial charge in [0.2, 0.25) is 0 Å². The lowest BCUT2D eigenvalue weighted by Gasteiger charge is -2.29. The highest BCUT2D eigenvalue weighted by Crippen LogP contribution is 2.23. The minimum absolute atomic E-state index is 0.0446. The average Bonchev–Trinajstić information content (AvgIpc) is 2.46. The maximum absolute atomic E-state index is 9.94. The summed E-state index contributed by atoms with van der Waals surface area (Å²) in [6.45, 7) is 3.18. The molecule has 0 aliphatic carbocycles. The molecule has 1 heterocycles. The highest BCUT2D eigenvalue weighted by molar-refractivity contribution is 5.49. The van der Waals surface area contributed by atoms with Gasteiger partial charge in [-0.15, -0.1) is 0 Å². The molecule has 2 rings (SSSR count). The minimum Gasteiger partial charge on any atom is -0.389 e. The summed E-state index contributed by atoms with van der Waals surface area (Å²) in [5.74, 6) is 0. The maximum Gasteiger partial charge on any atom is 0.106 e. The Balaban J connectivity index is 2.13. The van der Waals surface area contributed by atoms with E-state index in [1.165, 1.54) is 0 Å². The Hall–Kier alpha value is -1.14. The van der Waals surface area contributed by atoms with Crippen LogP contribution in [-0.4, -0.2) is 49.2 Å². The summed E-state index contributed by atoms with van der Waals surface area (Å²) in [7, 11) is 0. The lowest BCUT2D eigenvalue weighted by molar-refractivity contribution is 0.0243. The van der Waals surface area contributed by atoms with Crippen LogP contribution in [0.3, 0.4) is 0 Å². The van der Waals surface area contributed by atoms with E-state index in [1.807, 2.05) is 18.2 Å². The van der Waals surface area contributed by atoms with E-state index < -0.39 is 12.2 Å². The van der Waals surface area contributed by atoms with Crippen molar-refractivity contribution < 1.29 is 14.9 Å². The van der Waals surface area contributed by atoms with Crippen molar-refractivity contribution in [2.75, 3.05) is 37.7 Å². The Morgan fingerprint density at radius 1 is 1.28 bits per heavy atom. The molecule has 1 saturated heterocycles. The van der Waals surface area contributed by atoms with E-state index in [-0.39, 0.29) is 6.54 Å². The molecule has 0 amide bonds. The van der Waals surface area contributed by atoms with E-state index in [0.29, 0.717) is 5.56 Å². The molecule has 0 aromatic heterocycles. The largest absolute Gasteiger partial charge is 0.389 e. The Labute approximate surface area is 107 Å². The molecule has 0 saturated carbocycles. The maximum atomic E-state index is 9.94. The molecule has 0 bridgehead atoms. The van der Waals surface area contributed by atoms with E-state index in [2.05, 4.69) is 4.90 Å². The summed E-state index contributed by atoms with van der Waals surface area (Å²) in [4.78, 5) is 2.20. The van der Waals surface area contributed by atoms with E-state index in [0.717, 1.165) is 32.0 Å². The van der Waals surface area contributed by atoms with Crippen LogP contribution in [0.15, 0.2) is 24.3 Å². The third kappa shape index (κ3) is 3.00. The first-order chi connectivity index (χ1) is 8.72. The quantitative estimate of drug-likeness (QED) is 0.696. The van der Waals surface area contributed by atoms with E-state index >= 15 is 0 Å². The number of anilines is 1. The second-order valence-electron chi connectivity index (χ2n) is 4.44. The molecule has 2 atom stereocenters. The van der Waals surface area contributed by atoms with Gasteiger partial charge in [-0.1, -0.05) is 12.1 Å². The number of aliphatic hydroxyl groups excluding tert-OH is 2. The van der Waals surface area contributed by atoms with Crippen molar-refractivity contribution in [2.24, 2.45) is 5.73 Å². The van der Waals surface area contributed by atoms with Crippen LogP contribution < -0.4 is 10.6 Å². The zero-order valence-corrected chi connectivity index (χ0v) is 10.3. The Kier molecular flexibility index (Phi) is 4.54. The third-order valence-electron chi connectivity index (χ3n) is 3.19. The zero-order valence-electron chi connectivity index (χ0n) is 10.3. The Bertz CT molecular complexity index is 363. The molecular formula is C13H20N2O3. The number of aliphatic hydroxyl groups is 2. The number of nitrogens with two attached hydrogens (primary N) is 1. The van der Waals surface area contributed by atoms with E-state index in [1.54, 1.807) is 6.07 Å². The third-order valence-corrected chi connectivity index (χ3v) is 3.19. The normalized spacial score (nSPS) is 19.6. The van der Waals surface area contributed by atoms with Crippen LogP contribution in [0, 0.1) is 0 Å². The van der Waals surface area contributed by atoms with Crippen LogP contribution >= 0.6 is 0 Å². The summed E-state index contributed by atoms with van der Waals surface area (Å²) < 4.78 is 5.31. The summed E-state index contributed by atoms with van der Waals surface area (Å²) in [6.07, 6.45) is -1.86. The molecule has 4 N–H and O–H groups in total. The summed E-state index contributed by atoms with van der Waals surface area (Å²) >= 11 is 0. The summed E-state index contributed by atoms with van der Waals surface area (Å²) in [5, 5.41) is 19.5. The first-order valence-corrected chi connectivity index (χ1v) is 6.21. The fourth-order valence-electron chi connectivity index (χ4n) is 2.08. The fourth-order valence-corrected chi connectivity index (χ4v) is 2.08. The van der Waals surface area contributed by atoms with Crippen LogP contribution in [0.4, 0.5) is 5.69 Å². The average molecular weight is 252 g/mol. The molecule has 0 radical (unpaired) electrons. The molecule has 0 spiro atoms. The Morgan fingerprint density at radius 2 is 2.00 bits per heavy atom. The summed E-state index contributed by atoms with van der Waals surface area (Å²) in [5.41, 5.74) is 7.09. The molecule has 1 aliphatic heterocycles. The second-order valence-corrected chi connectivity index (χ2v) is 4.44. The molecule has 100 valence electrons. The van der Waals surface area contributed by atoms with Crippen LogP contribution in [0.25, 0.3) is 0 Å². The van der Waals surface area contributed by atoms with Crippen molar-refractivity contribution in [3.8, 4) is 0 Å². The number of ether oxygens (including phenoxy) is 1. The predicted molar refractivity (Wildman–Crippen MR) is 69.5 cm³/mol. The predicted octanol–water partition coefficient (Wildman–Crippen LogP) is -0.124. The number of hydrogen-bond donors (Lipinski definition) is 3. The summed E-state index contributed by atoms with van der Waals surface area (Å²) in [6, 6.07) is 7.57. The molecule has 1 aliphatic rings. The highest BCUT2D eigenvalue weighted by atomic mass is 16.5. The van der Waals surface area contributed by atoms with Crippen molar-refractivity contribution in [3.05, 3.63) is 29.8 Å². The highest BCUT2D eigenvalue weighted by Gasteiger charge is 2.18. The molecule has 5 nitrogen and oxygen atoms in total. The smallest absolute Gasteiger partial charge is 0.106 e. The van der Waals surface area contributed by atoms with Gasteiger partial charge in [0, 0.05) is 25.3 Å². The van der Waals surface area contributed by atoms with E-state index in [9.17, 15) is 10.2 Å². The van der Waals surface area contributed by atoms with Gasteiger partial charge in [0.1, 0.15) is 6.10 Å². The topological polar surface area (TPSA) is 79.0 Å². The van der Waals surface area contributed by atoms with Gasteiger partial charge in [-0.2, -0.15) is 0 Å². The second kappa shape index (κ2) is 6.15. The number of hydrogen-bond acceptors (Lipinski definition) is 5. The Morgan fingerprint density at radius 3 is 2.67 bits per heavy atom. The van der Waals surface area contributed by atoms with Crippen LogP contribution in [0.5, 0.6) is 0 Å². The van der Waals surface area contributed by atoms with Crippen LogP contribution in [0.1, 0.15) is 11.7 Å². The number of benzene rings is 1. The molecule has 1 aromatic rings. The first kappa shape index (κ1) is 13.3. The molecule has 1 fully saturated rings. The molecule has 5 heteroatoms. The monoisotopic (exact) mass is 252 g/mol. The standard InChI is InChI=1S/C13H20N2O3/c14-9-12(16)13(17)10-2-1-3-11(8-10)15-4-6-18-7-5-15/h1-3,8,12-13,16-17H,4-7,9,14H2. The first-order valence-electron chi connectivity index (χ1n) is 6.21. The van der Waals surface area contributed by atoms with Gasteiger partial charge >= 0.3 is 0 Å². The van der Waals surface area contributed by atoms with Crippen LogP contribution in [0.2, 0.25) is 0 Å². The fraction of sp³-hybridized carbons (Fsp3) is 0.538. The van der Waals surface area contributed by atoms with Crippen molar-refractivity contribution in [1.82, 2.24) is 0 Å². The SMILES string of the molecule is NCC(O)C(O)c1cccc(N2CCOCC2)c1. The lowest BCUT2D eigenvalue weighted by Crippen LogP contribution is -2.36. The molecule has 18 heavy (non-hydrogen) atoms. The van der Waals surface area contributed by atoms with Gasteiger partial charge in [0.15, 0.2) is 0 Å². The van der Waals surface area contributed by atoms with Gasteiger partial charge in [-0.25, -0.2) is 0 Å². The van der Waals surface area contributed by atoms with Crippen molar-refractivity contribution >= 4 is 5.69 Å². The van der Waals surface area contributed by atoms with E-state index in [4.69, 9.17) is 10.5 Å². The number of rotatable bonds is 4. The van der Waals surface area contributed by atoms with Gasteiger partial charge in [0.25, 0.3) is 0 Å². The van der Waals surface area contributed by atoms with Crippen molar-refractivity contribution in [1.29, 1.82) is 0 Å². The molecule has 1 aromatic carbocycles.